The van der Waals surface area contributed by atoms with Crippen molar-refractivity contribution in [3.63, 3.8) is 0 Å². The second-order valence-electron chi connectivity index (χ2n) is 6.59. The van der Waals surface area contributed by atoms with Crippen molar-refractivity contribution in [1.82, 2.24) is 14.5 Å². The number of anilines is 1. The van der Waals surface area contributed by atoms with E-state index in [9.17, 15) is 14.1 Å². The van der Waals surface area contributed by atoms with Gasteiger partial charge in [-0.3, -0.25) is 9.48 Å². The first kappa shape index (κ1) is 20.0. The van der Waals surface area contributed by atoms with E-state index in [1.165, 1.54) is 10.7 Å². The Morgan fingerprint density at radius 2 is 1.81 bits per heavy atom. The maximum Gasteiger partial charge on any atom is 0.361 e. The molecule has 0 aliphatic heterocycles. The molecule has 2 rings (SSSR count). The first-order valence-electron chi connectivity index (χ1n) is 8.36. The number of nitrogens with one attached hydrogen (secondary N) is 2. The Hall–Kier alpha value is -2.32. The van der Waals surface area contributed by atoms with E-state index in [0.717, 1.165) is 16.8 Å². The Kier molecular flexibility index (Phi) is 6.44. The maximum absolute atomic E-state index is 12.4. The summed E-state index contributed by atoms with van der Waals surface area (Å²) in [6, 6.07) is 6.71. The summed E-state index contributed by atoms with van der Waals surface area (Å²) in [5.41, 5.74) is 3.04. The number of hydrogen-bond donors (Lipinski definition) is 2. The summed E-state index contributed by atoms with van der Waals surface area (Å²) in [5, 5.41) is 6.92. The van der Waals surface area contributed by atoms with Gasteiger partial charge in [0, 0.05) is 18.8 Å². The lowest BCUT2D eigenvalue weighted by Gasteiger charge is -2.20. The molecule has 1 heterocycles. The third-order valence-electron chi connectivity index (χ3n) is 4.00. The third-order valence-corrected chi connectivity index (χ3v) is 4.95. The highest BCUT2D eigenvalue weighted by Crippen LogP contribution is 2.32. The highest BCUT2D eigenvalue weighted by atomic mass is 32.2. The smallest absolute Gasteiger partial charge is 0.361 e. The van der Waals surface area contributed by atoms with Crippen molar-refractivity contribution in [2.45, 2.75) is 44.6 Å². The molecule has 0 radical (unpaired) electrons. The number of carbonyl (C=O) groups excluding carboxylic acids is 2. The first-order valence-corrected chi connectivity index (χ1v) is 9.51. The Morgan fingerprint density at radius 1 is 1.23 bits per heavy atom. The fraction of sp³-hybridized carbons (Fsp3) is 0.389. The minimum absolute atomic E-state index is 0.117. The van der Waals surface area contributed by atoms with E-state index in [-0.39, 0.29) is 22.6 Å². The van der Waals surface area contributed by atoms with Crippen LogP contribution in [-0.4, -0.2) is 26.7 Å². The molecule has 0 fully saturated rings. The molecule has 1 aromatic carbocycles. The van der Waals surface area contributed by atoms with Crippen molar-refractivity contribution in [2.24, 2.45) is 7.05 Å². The number of aromatic nitrogens is 2. The molecule has 26 heavy (non-hydrogen) atoms. The molecule has 1 unspecified atom stereocenters. The monoisotopic (exact) mass is 376 g/mol. The molecule has 0 saturated heterocycles. The molecule has 7 nitrogen and oxygen atoms in total. The second-order valence-corrected chi connectivity index (χ2v) is 7.75. The van der Waals surface area contributed by atoms with Crippen LogP contribution < -0.4 is 10.0 Å². The van der Waals surface area contributed by atoms with Crippen LogP contribution in [0.25, 0.3) is 0 Å². The van der Waals surface area contributed by atoms with Gasteiger partial charge in [-0.25, -0.2) is 4.79 Å². The van der Waals surface area contributed by atoms with Gasteiger partial charge in [0.05, 0.1) is 0 Å². The Bertz CT molecular complexity index is 775. The molecule has 0 aliphatic carbocycles. The second kappa shape index (κ2) is 8.37. The highest BCUT2D eigenvalue weighted by Gasteiger charge is 2.22. The molecular formula is C18H24N4O3S. The summed E-state index contributed by atoms with van der Waals surface area (Å²) in [4.78, 5) is 23.3. The number of carbonyl (C=O) groups is 2. The van der Waals surface area contributed by atoms with Gasteiger partial charge in [-0.2, -0.15) is 0 Å². The zero-order chi connectivity index (χ0) is 19.4. The van der Waals surface area contributed by atoms with Crippen molar-refractivity contribution in [2.75, 3.05) is 5.32 Å². The van der Waals surface area contributed by atoms with Crippen molar-refractivity contribution in [3.8, 4) is 0 Å². The van der Waals surface area contributed by atoms with Crippen molar-refractivity contribution < 1.29 is 14.1 Å². The molecule has 2 N–H and O–H groups in total. The van der Waals surface area contributed by atoms with Crippen LogP contribution >= 0.6 is 0 Å². The number of urea groups is 1. The number of amides is 2. The van der Waals surface area contributed by atoms with Crippen LogP contribution in [0, 0.1) is 0 Å². The van der Waals surface area contributed by atoms with E-state index >= 15 is 0 Å². The van der Waals surface area contributed by atoms with E-state index < -0.39 is 17.4 Å². The molecule has 1 aromatic heterocycles. The van der Waals surface area contributed by atoms with Crippen molar-refractivity contribution in [1.29, 1.82) is 0 Å². The van der Waals surface area contributed by atoms with Gasteiger partial charge >= 0.3 is 6.03 Å². The molecule has 2 amide bonds. The molecule has 140 valence electrons. The predicted octanol–water partition coefficient (Wildman–Crippen LogP) is 3.32. The van der Waals surface area contributed by atoms with E-state index in [1.807, 2.05) is 18.2 Å². The first-order chi connectivity index (χ1) is 12.2. The zero-order valence-electron chi connectivity index (χ0n) is 15.6. The molecule has 8 heteroatoms. The lowest BCUT2D eigenvalue weighted by molar-refractivity contribution is 0.111. The van der Waals surface area contributed by atoms with Crippen molar-refractivity contribution >= 4 is 29.4 Å². The molecular weight excluding hydrogens is 352 g/mol. The van der Waals surface area contributed by atoms with Gasteiger partial charge in [0.15, 0.2) is 6.29 Å². The average molecular weight is 376 g/mol. The molecule has 0 aliphatic rings. The van der Waals surface area contributed by atoms with Gasteiger partial charge in [-0.05, 0) is 23.0 Å². The number of para-hydroxylation sites is 1. The van der Waals surface area contributed by atoms with Gasteiger partial charge in [0.25, 0.3) is 5.03 Å². The number of aldehydes is 1. The van der Waals surface area contributed by atoms with Crippen LogP contribution in [0.5, 0.6) is 0 Å². The predicted molar refractivity (Wildman–Crippen MR) is 102 cm³/mol. The number of aryl methyl sites for hydroxylation is 1. The minimum atomic E-state index is -1.87. The van der Waals surface area contributed by atoms with Crippen LogP contribution in [0.15, 0.2) is 29.3 Å². The maximum atomic E-state index is 12.4. The largest absolute Gasteiger partial charge is 0.586 e. The molecule has 0 bridgehead atoms. The van der Waals surface area contributed by atoms with Gasteiger partial charge in [-0.1, -0.05) is 45.9 Å². The topological polar surface area (TPSA) is 99.1 Å². The Morgan fingerprint density at radius 3 is 2.27 bits per heavy atom. The van der Waals surface area contributed by atoms with Gasteiger partial charge < -0.3 is 9.87 Å². The van der Waals surface area contributed by atoms with E-state index in [0.29, 0.717) is 6.29 Å². The molecule has 1 atom stereocenters. The van der Waals surface area contributed by atoms with E-state index in [1.54, 1.807) is 7.05 Å². The Balaban J connectivity index is 2.20. The van der Waals surface area contributed by atoms with Crippen LogP contribution in [-0.2, 0) is 18.4 Å². The Labute approximate surface area is 156 Å². The minimum Gasteiger partial charge on any atom is -0.586 e. The highest BCUT2D eigenvalue weighted by molar-refractivity contribution is 7.90. The van der Waals surface area contributed by atoms with Crippen LogP contribution in [0.3, 0.4) is 0 Å². The summed E-state index contributed by atoms with van der Waals surface area (Å²) in [7, 11) is 1.57. The standard InChI is InChI=1S/C18H24N4O3S/c1-11(2)14-7-6-8-15(12(3)4)17(14)19-18(24)21-26(25)16-9-13(10-23)22(5)20-16/h6-12H,1-5H3,(H2,19,21,24). The number of nitrogens with zero attached hydrogens (tertiary/aromatic N) is 2. The lowest BCUT2D eigenvalue weighted by Crippen LogP contribution is -2.35. The van der Waals surface area contributed by atoms with Gasteiger partial charge in [0.1, 0.15) is 17.1 Å². The summed E-state index contributed by atoms with van der Waals surface area (Å²) in [6.07, 6.45) is 0.613. The number of rotatable bonds is 6. The third kappa shape index (κ3) is 4.44. The summed E-state index contributed by atoms with van der Waals surface area (Å²) < 4.78 is 16.0. The normalized spacial score (nSPS) is 12.3. The SMILES string of the molecule is CC(C)c1cccc(C(C)C)c1NC(=O)N[S+]([O-])c1cc(C=O)n(C)n1. The lowest BCUT2D eigenvalue weighted by atomic mass is 9.93. The average Bonchev–Trinajstić information content (AvgIpc) is 2.95. The quantitative estimate of drug-likeness (QED) is 0.597. The summed E-state index contributed by atoms with van der Waals surface area (Å²) in [5.74, 6) is 0.445. The van der Waals surface area contributed by atoms with Crippen molar-refractivity contribution in [3.05, 3.63) is 41.1 Å². The molecule has 0 spiro atoms. The fourth-order valence-corrected chi connectivity index (χ4v) is 3.37. The zero-order valence-corrected chi connectivity index (χ0v) is 16.4. The number of hydrogen-bond acceptors (Lipinski definition) is 4. The van der Waals surface area contributed by atoms with E-state index in [4.69, 9.17) is 0 Å². The molecule has 0 saturated carbocycles. The van der Waals surface area contributed by atoms with Gasteiger partial charge in [0.2, 0.25) is 0 Å². The van der Waals surface area contributed by atoms with Crippen LogP contribution in [0.2, 0.25) is 0 Å². The fourth-order valence-electron chi connectivity index (χ4n) is 2.63. The van der Waals surface area contributed by atoms with Crippen LogP contribution in [0.1, 0.15) is 61.1 Å². The van der Waals surface area contributed by atoms with E-state index in [2.05, 4.69) is 42.8 Å². The summed E-state index contributed by atoms with van der Waals surface area (Å²) in [6.45, 7) is 8.20. The molecule has 2 aromatic rings. The van der Waals surface area contributed by atoms with Gasteiger partial charge in [-0.15, -0.1) is 9.82 Å². The number of benzene rings is 1. The van der Waals surface area contributed by atoms with Crippen LogP contribution in [0.4, 0.5) is 10.5 Å². The summed E-state index contributed by atoms with van der Waals surface area (Å²) >= 11 is -1.87.